The maximum absolute atomic E-state index is 14.0. The van der Waals surface area contributed by atoms with Gasteiger partial charge in [0.1, 0.15) is 16.2 Å². The minimum atomic E-state index is -3.85. The summed E-state index contributed by atoms with van der Waals surface area (Å²) in [7, 11) is -0.352. The third kappa shape index (κ3) is 8.75. The van der Waals surface area contributed by atoms with Gasteiger partial charge in [0, 0.05) is 49.9 Å². The van der Waals surface area contributed by atoms with E-state index in [1.165, 1.54) is 37.0 Å². The molecular formula is C41H53N5O7S. The second-order valence-corrected chi connectivity index (χ2v) is 17.2. The number of methoxy groups -OCH3 is 1. The van der Waals surface area contributed by atoms with Gasteiger partial charge in [-0.1, -0.05) is 43.5 Å². The summed E-state index contributed by atoms with van der Waals surface area (Å²) in [5, 5.41) is 12.4. The first-order chi connectivity index (χ1) is 25.8. The predicted octanol–water partition coefficient (Wildman–Crippen LogP) is 6.10. The third-order valence-corrected chi connectivity index (χ3v) is 12.1. The van der Waals surface area contributed by atoms with Crippen molar-refractivity contribution in [2.45, 2.75) is 75.3 Å². The van der Waals surface area contributed by atoms with Crippen LogP contribution in [0.15, 0.2) is 71.1 Å². The van der Waals surface area contributed by atoms with Gasteiger partial charge in [-0.3, -0.25) is 15.5 Å². The average Bonchev–Trinajstić information content (AvgIpc) is 3.36. The molecule has 2 atom stereocenters. The highest BCUT2D eigenvalue weighted by Gasteiger charge is 2.46. The molecule has 0 saturated heterocycles. The van der Waals surface area contributed by atoms with Crippen LogP contribution in [0, 0.1) is 5.92 Å². The van der Waals surface area contributed by atoms with Crippen LogP contribution in [0.25, 0.3) is 6.08 Å². The number of nitrogens with one attached hydrogen (secondary N) is 3. The molecule has 12 nitrogen and oxygen atoms in total. The van der Waals surface area contributed by atoms with E-state index < -0.39 is 15.6 Å². The molecule has 6 rings (SSSR count). The molecule has 1 aliphatic carbocycles. The van der Waals surface area contributed by atoms with E-state index in [0.717, 1.165) is 29.7 Å². The van der Waals surface area contributed by atoms with Gasteiger partial charge in [-0.15, -0.1) is 0 Å². The number of esters is 1. The minimum absolute atomic E-state index is 0.0329. The molecule has 0 radical (unpaired) electrons. The topological polar surface area (TPSA) is 150 Å². The van der Waals surface area contributed by atoms with Crippen LogP contribution in [-0.4, -0.2) is 82.9 Å². The van der Waals surface area contributed by atoms with Crippen molar-refractivity contribution >= 4 is 39.4 Å². The summed E-state index contributed by atoms with van der Waals surface area (Å²) in [5.41, 5.74) is 6.70. The van der Waals surface area contributed by atoms with Crippen LogP contribution in [0.5, 0.6) is 5.75 Å². The average molecular weight is 760 g/mol. The first-order valence-corrected chi connectivity index (χ1v) is 20.3. The lowest BCUT2D eigenvalue weighted by Gasteiger charge is -2.36. The molecule has 3 aromatic carbocycles. The monoisotopic (exact) mass is 759 g/mol. The molecule has 2 aliphatic heterocycles. The Morgan fingerprint density at radius 3 is 2.41 bits per heavy atom. The van der Waals surface area contributed by atoms with Gasteiger partial charge in [0.05, 0.1) is 24.4 Å². The van der Waals surface area contributed by atoms with Crippen LogP contribution in [-0.2, 0) is 19.6 Å². The van der Waals surface area contributed by atoms with Crippen molar-refractivity contribution in [1.29, 1.82) is 0 Å². The Morgan fingerprint density at radius 2 is 1.69 bits per heavy atom. The Bertz CT molecular complexity index is 1990. The van der Waals surface area contributed by atoms with E-state index >= 15 is 0 Å². The number of anilines is 2. The van der Waals surface area contributed by atoms with Gasteiger partial charge in [-0.25, -0.2) is 17.9 Å². The second kappa shape index (κ2) is 16.5. The zero-order chi connectivity index (χ0) is 38.6. The van der Waals surface area contributed by atoms with Gasteiger partial charge in [-0.2, -0.15) is 0 Å². The van der Waals surface area contributed by atoms with Crippen LogP contribution in [0.1, 0.15) is 91.9 Å². The van der Waals surface area contributed by atoms with Gasteiger partial charge in [0.2, 0.25) is 15.9 Å². The zero-order valence-corrected chi connectivity index (χ0v) is 32.7. The van der Waals surface area contributed by atoms with Crippen molar-refractivity contribution < 1.29 is 32.7 Å². The Labute approximate surface area is 318 Å². The number of nitrogens with zero attached hydrogens (tertiary/aromatic N) is 2. The molecule has 2 unspecified atom stereocenters. The van der Waals surface area contributed by atoms with Crippen molar-refractivity contribution in [3.63, 3.8) is 0 Å². The molecular weight excluding hydrogens is 707 g/mol. The standard InChI is InChI=1S/C41H53N5O7S/c1-41(2,3)53-40(48)28-15-17-33-35(25-28)46-26-30(23-29-24-31(52-5)16-18-32(29)38(46)37(33)27-11-7-6-8-12-27)39(47)42-19-21-45(4)22-20-43-54(50,51)36-14-10-9-13-34(36)44-49/h9-10,13-18,23-25,27,37-38,43-44,49H,6-8,11-12,19-22,26H2,1-5H3,(H,42,47). The predicted molar refractivity (Wildman–Crippen MR) is 210 cm³/mol. The lowest BCUT2D eigenvalue weighted by atomic mass is 9.73. The lowest BCUT2D eigenvalue weighted by molar-refractivity contribution is -0.117. The highest BCUT2D eigenvalue weighted by molar-refractivity contribution is 7.89. The maximum atomic E-state index is 14.0. The number of rotatable bonds is 13. The van der Waals surface area contributed by atoms with Crippen LogP contribution in [0.4, 0.5) is 11.4 Å². The van der Waals surface area contributed by atoms with E-state index in [2.05, 4.69) is 27.1 Å². The summed E-state index contributed by atoms with van der Waals surface area (Å²) in [5.74, 6) is 0.795. The van der Waals surface area contributed by atoms with E-state index in [0.29, 0.717) is 49.0 Å². The van der Waals surface area contributed by atoms with Crippen molar-refractivity contribution in [1.82, 2.24) is 14.9 Å². The van der Waals surface area contributed by atoms with Gasteiger partial charge >= 0.3 is 5.97 Å². The molecule has 0 aromatic heterocycles. The van der Waals surface area contributed by atoms with Gasteiger partial charge in [0.25, 0.3) is 0 Å². The molecule has 4 N–H and O–H groups in total. The highest BCUT2D eigenvalue weighted by atomic mass is 32.2. The van der Waals surface area contributed by atoms with E-state index in [-0.39, 0.29) is 41.0 Å². The number of ether oxygens (including phenoxy) is 2. The number of fused-ring (bicyclic) bond motifs is 5. The molecule has 1 amide bonds. The quantitative estimate of drug-likeness (QED) is 0.119. The number of likely N-dealkylation sites (N-methyl/N-ethyl adjacent to an activating group) is 1. The fourth-order valence-corrected chi connectivity index (χ4v) is 9.23. The number of hydrogen-bond acceptors (Lipinski definition) is 10. The van der Waals surface area contributed by atoms with E-state index in [9.17, 15) is 23.2 Å². The van der Waals surface area contributed by atoms with E-state index in [4.69, 9.17) is 9.47 Å². The fourth-order valence-electron chi connectivity index (χ4n) is 8.06. The Hall–Kier alpha value is -4.43. The summed E-state index contributed by atoms with van der Waals surface area (Å²) in [6.45, 7) is 7.30. The van der Waals surface area contributed by atoms with Gasteiger partial charge < -0.3 is 24.6 Å². The molecule has 54 heavy (non-hydrogen) atoms. The normalized spacial score (nSPS) is 18.6. The van der Waals surface area contributed by atoms with Crippen molar-refractivity contribution in [3.05, 3.63) is 88.5 Å². The molecule has 0 bridgehead atoms. The SMILES string of the molecule is COc1ccc2c(c1)C=C(C(=O)NCCN(C)CCNS(=O)(=O)c1ccccc1NO)CN1c3cc(C(=O)OC(C)(C)C)ccc3C(C3CCCCC3)C21. The third-order valence-electron chi connectivity index (χ3n) is 10.6. The number of carbonyl (C=O) groups excluding carboxylic acids is 2. The van der Waals surface area contributed by atoms with Crippen molar-refractivity contribution in [3.8, 4) is 5.75 Å². The molecule has 3 aliphatic rings. The highest BCUT2D eigenvalue weighted by Crippen LogP contribution is 2.57. The Kier molecular flexibility index (Phi) is 12.0. The summed E-state index contributed by atoms with van der Waals surface area (Å²) in [6, 6.07) is 18.1. The number of carbonyl (C=O) groups is 2. The number of sulfonamides is 1. The molecule has 1 saturated carbocycles. The number of benzene rings is 3. The number of para-hydroxylation sites is 1. The number of hydrogen-bond donors (Lipinski definition) is 4. The van der Waals surface area contributed by atoms with Gasteiger partial charge in [-0.05, 0) is 106 Å². The summed E-state index contributed by atoms with van der Waals surface area (Å²) >= 11 is 0. The summed E-state index contributed by atoms with van der Waals surface area (Å²) in [4.78, 5) is 31.5. The van der Waals surface area contributed by atoms with E-state index in [1.807, 2.05) is 68.5 Å². The second-order valence-electron chi connectivity index (χ2n) is 15.5. The molecule has 290 valence electrons. The van der Waals surface area contributed by atoms with Crippen LogP contribution in [0.3, 0.4) is 0 Å². The molecule has 2 heterocycles. The minimum Gasteiger partial charge on any atom is -0.497 e. The number of amides is 1. The Balaban J connectivity index is 1.21. The first kappa shape index (κ1) is 39.3. The maximum Gasteiger partial charge on any atom is 0.338 e. The molecule has 3 aromatic rings. The zero-order valence-electron chi connectivity index (χ0n) is 31.9. The van der Waals surface area contributed by atoms with Crippen molar-refractivity contribution in [2.24, 2.45) is 5.92 Å². The molecule has 13 heteroatoms. The Morgan fingerprint density at radius 1 is 0.963 bits per heavy atom. The first-order valence-electron chi connectivity index (χ1n) is 18.8. The lowest BCUT2D eigenvalue weighted by Crippen LogP contribution is -2.39. The van der Waals surface area contributed by atoms with Crippen LogP contribution in [0.2, 0.25) is 0 Å². The molecule has 1 fully saturated rings. The largest absolute Gasteiger partial charge is 0.497 e. The van der Waals surface area contributed by atoms with Crippen LogP contribution >= 0.6 is 0 Å². The molecule has 0 spiro atoms. The van der Waals surface area contributed by atoms with Crippen molar-refractivity contribution in [2.75, 3.05) is 57.3 Å². The smallest absolute Gasteiger partial charge is 0.338 e. The van der Waals surface area contributed by atoms with E-state index in [1.54, 1.807) is 19.2 Å². The summed E-state index contributed by atoms with van der Waals surface area (Å²) in [6.07, 6.45) is 7.86. The summed E-state index contributed by atoms with van der Waals surface area (Å²) < 4.78 is 39.6. The van der Waals surface area contributed by atoms with Crippen LogP contribution < -0.4 is 25.2 Å². The van der Waals surface area contributed by atoms with Gasteiger partial charge in [0.15, 0.2) is 0 Å². The fraction of sp³-hybridized carbons (Fsp3) is 0.463.